The topological polar surface area (TPSA) is 89.9 Å². The van der Waals surface area contributed by atoms with Crippen molar-refractivity contribution in [2.45, 2.75) is 38.8 Å². The lowest BCUT2D eigenvalue weighted by Crippen LogP contribution is -2.43. The number of nitrogens with zero attached hydrogens (tertiary/aromatic N) is 1. The third-order valence-electron chi connectivity index (χ3n) is 4.04. The summed E-state index contributed by atoms with van der Waals surface area (Å²) in [5.74, 6) is -2.51. The molecule has 0 radical (unpaired) electrons. The number of benzene rings is 1. The third kappa shape index (κ3) is 8.99. The third-order valence-corrected chi connectivity index (χ3v) is 4.40. The van der Waals surface area contributed by atoms with E-state index in [-0.39, 0.29) is 0 Å². The van der Waals surface area contributed by atoms with Gasteiger partial charge in [0.05, 0.1) is 0 Å². The fraction of sp³-hybridized carbons (Fsp3) is 0.474. The van der Waals surface area contributed by atoms with Crippen molar-refractivity contribution >= 4 is 23.5 Å². The number of piperidine rings is 1. The van der Waals surface area contributed by atoms with E-state index >= 15 is 0 Å². The van der Waals surface area contributed by atoms with E-state index in [4.69, 9.17) is 21.8 Å². The van der Waals surface area contributed by atoms with Crippen LogP contribution in [-0.2, 0) is 16.1 Å². The first-order chi connectivity index (χ1) is 12.4. The van der Waals surface area contributed by atoms with E-state index in [1.807, 2.05) is 12.1 Å². The molecule has 0 unspecified atom stereocenters. The molecule has 0 atom stereocenters. The van der Waals surface area contributed by atoms with E-state index in [9.17, 15) is 9.59 Å². The summed E-state index contributed by atoms with van der Waals surface area (Å²) in [6, 6.07) is 8.92. The van der Waals surface area contributed by atoms with Crippen molar-refractivity contribution in [1.29, 1.82) is 0 Å². The SMILES string of the molecule is CCCN(Cc1ccccc1Cl)C1CCNCC1.O=C(O)/C=C/C(=O)O. The molecule has 2 rings (SSSR count). The smallest absolute Gasteiger partial charge is 0.328 e. The molecule has 1 aromatic rings. The maximum atomic E-state index is 9.55. The van der Waals surface area contributed by atoms with Crippen LogP contribution in [0, 0.1) is 0 Å². The van der Waals surface area contributed by atoms with Gasteiger partial charge in [-0.1, -0.05) is 36.7 Å². The number of carboxylic acid groups (broad SMARTS) is 2. The standard InChI is InChI=1S/C15H23ClN2.C4H4O4/c1-2-11-18(14-7-9-17-10-8-14)12-13-5-3-4-6-15(13)16;5-3(6)1-2-4(7)8/h3-6,14,17H,2,7-12H2,1H3;1-2H,(H,5,6)(H,7,8)/b;2-1+. The van der Waals surface area contributed by atoms with Crippen molar-refractivity contribution in [3.05, 3.63) is 47.0 Å². The van der Waals surface area contributed by atoms with Gasteiger partial charge in [0.25, 0.3) is 0 Å². The first kappa shape index (κ1) is 22.2. The Hall–Kier alpha value is -1.89. The Bertz CT molecular complexity index is 585. The molecule has 1 aliphatic rings. The molecule has 144 valence electrons. The molecule has 1 aliphatic heterocycles. The predicted octanol–water partition coefficient (Wildman–Crippen LogP) is 3.02. The van der Waals surface area contributed by atoms with Crippen molar-refractivity contribution in [2.24, 2.45) is 0 Å². The number of carbonyl (C=O) groups is 2. The van der Waals surface area contributed by atoms with Crippen LogP contribution in [0.5, 0.6) is 0 Å². The van der Waals surface area contributed by atoms with E-state index in [0.717, 1.165) is 31.2 Å². The Morgan fingerprint density at radius 2 is 1.77 bits per heavy atom. The average molecular weight is 383 g/mol. The summed E-state index contributed by atoms with van der Waals surface area (Å²) < 4.78 is 0. The number of carboxylic acids is 2. The molecule has 3 N–H and O–H groups in total. The van der Waals surface area contributed by atoms with Gasteiger partial charge in [-0.25, -0.2) is 9.59 Å². The van der Waals surface area contributed by atoms with Crippen LogP contribution in [0.3, 0.4) is 0 Å². The molecule has 1 fully saturated rings. The first-order valence-electron chi connectivity index (χ1n) is 8.76. The van der Waals surface area contributed by atoms with Gasteiger partial charge in [0.15, 0.2) is 0 Å². The number of aliphatic carboxylic acids is 2. The number of halogens is 1. The van der Waals surface area contributed by atoms with Crippen molar-refractivity contribution in [1.82, 2.24) is 10.2 Å². The van der Waals surface area contributed by atoms with Crippen LogP contribution in [0.25, 0.3) is 0 Å². The molecule has 26 heavy (non-hydrogen) atoms. The zero-order valence-corrected chi connectivity index (χ0v) is 15.8. The minimum Gasteiger partial charge on any atom is -0.478 e. The largest absolute Gasteiger partial charge is 0.478 e. The van der Waals surface area contributed by atoms with E-state index in [1.165, 1.54) is 24.8 Å². The Morgan fingerprint density at radius 1 is 1.19 bits per heavy atom. The molecule has 6 nitrogen and oxygen atoms in total. The van der Waals surface area contributed by atoms with Crippen LogP contribution in [-0.4, -0.2) is 52.7 Å². The van der Waals surface area contributed by atoms with Crippen LogP contribution >= 0.6 is 11.6 Å². The van der Waals surface area contributed by atoms with Gasteiger partial charge in [0.1, 0.15) is 0 Å². The normalized spacial score (nSPS) is 14.9. The van der Waals surface area contributed by atoms with E-state index in [2.05, 4.69) is 29.3 Å². The summed E-state index contributed by atoms with van der Waals surface area (Å²) in [5, 5.41) is 20.0. The number of rotatable bonds is 7. The predicted molar refractivity (Wildman–Crippen MR) is 102 cm³/mol. The molecular formula is C19H27ClN2O4. The second kappa shape index (κ2) is 12.5. The van der Waals surface area contributed by atoms with Crippen LogP contribution in [0.2, 0.25) is 5.02 Å². The summed E-state index contributed by atoms with van der Waals surface area (Å²) in [7, 11) is 0. The second-order valence-corrected chi connectivity index (χ2v) is 6.46. The number of hydrogen-bond acceptors (Lipinski definition) is 4. The summed E-state index contributed by atoms with van der Waals surface area (Å²) in [5.41, 5.74) is 1.26. The zero-order valence-electron chi connectivity index (χ0n) is 15.0. The van der Waals surface area contributed by atoms with Crippen molar-refractivity contribution in [3.63, 3.8) is 0 Å². The molecule has 1 heterocycles. The number of nitrogens with one attached hydrogen (secondary N) is 1. The summed E-state index contributed by atoms with van der Waals surface area (Å²) in [6.45, 7) is 6.69. The summed E-state index contributed by atoms with van der Waals surface area (Å²) in [6.07, 6.45) is 4.83. The highest BCUT2D eigenvalue weighted by Gasteiger charge is 2.20. The lowest BCUT2D eigenvalue weighted by atomic mass is 10.0. The molecule has 0 bridgehead atoms. The van der Waals surface area contributed by atoms with Gasteiger partial charge in [-0.2, -0.15) is 0 Å². The average Bonchev–Trinajstić information content (AvgIpc) is 2.63. The van der Waals surface area contributed by atoms with Crippen LogP contribution in [0.1, 0.15) is 31.7 Å². The lowest BCUT2D eigenvalue weighted by molar-refractivity contribution is -0.134. The van der Waals surface area contributed by atoms with Crippen LogP contribution < -0.4 is 5.32 Å². The maximum Gasteiger partial charge on any atom is 0.328 e. The summed E-state index contributed by atoms with van der Waals surface area (Å²) in [4.78, 5) is 21.7. The molecule has 0 amide bonds. The fourth-order valence-electron chi connectivity index (χ4n) is 2.84. The Morgan fingerprint density at radius 3 is 2.27 bits per heavy atom. The van der Waals surface area contributed by atoms with Crippen LogP contribution in [0.4, 0.5) is 0 Å². The van der Waals surface area contributed by atoms with Gasteiger partial charge in [-0.15, -0.1) is 0 Å². The molecule has 7 heteroatoms. The van der Waals surface area contributed by atoms with Crippen molar-refractivity contribution < 1.29 is 19.8 Å². The molecular weight excluding hydrogens is 356 g/mol. The highest BCUT2D eigenvalue weighted by atomic mass is 35.5. The minimum atomic E-state index is -1.26. The quantitative estimate of drug-likeness (QED) is 0.628. The van der Waals surface area contributed by atoms with Gasteiger partial charge in [-0.05, 0) is 50.5 Å². The highest BCUT2D eigenvalue weighted by Crippen LogP contribution is 2.21. The van der Waals surface area contributed by atoms with Gasteiger partial charge >= 0.3 is 11.9 Å². The Labute approximate surface area is 159 Å². The van der Waals surface area contributed by atoms with Gasteiger partial charge in [0.2, 0.25) is 0 Å². The Balaban J connectivity index is 0.000000359. The van der Waals surface area contributed by atoms with E-state index in [1.54, 1.807) is 0 Å². The second-order valence-electron chi connectivity index (χ2n) is 6.05. The fourth-order valence-corrected chi connectivity index (χ4v) is 3.03. The summed E-state index contributed by atoms with van der Waals surface area (Å²) >= 11 is 6.27. The minimum absolute atomic E-state index is 0.558. The number of hydrogen-bond donors (Lipinski definition) is 3. The molecule has 1 aromatic carbocycles. The van der Waals surface area contributed by atoms with Crippen LogP contribution in [0.15, 0.2) is 36.4 Å². The van der Waals surface area contributed by atoms with E-state index < -0.39 is 11.9 Å². The monoisotopic (exact) mass is 382 g/mol. The van der Waals surface area contributed by atoms with Gasteiger partial charge in [-0.3, -0.25) is 4.90 Å². The molecule has 0 saturated carbocycles. The highest BCUT2D eigenvalue weighted by molar-refractivity contribution is 6.31. The van der Waals surface area contributed by atoms with Crippen molar-refractivity contribution in [3.8, 4) is 0 Å². The molecule has 0 spiro atoms. The first-order valence-corrected chi connectivity index (χ1v) is 9.14. The van der Waals surface area contributed by atoms with Gasteiger partial charge < -0.3 is 15.5 Å². The van der Waals surface area contributed by atoms with Crippen molar-refractivity contribution in [2.75, 3.05) is 19.6 Å². The van der Waals surface area contributed by atoms with Gasteiger partial charge in [0, 0.05) is 29.8 Å². The molecule has 0 aliphatic carbocycles. The molecule has 1 saturated heterocycles. The lowest BCUT2D eigenvalue weighted by Gasteiger charge is -2.34. The Kier molecular flexibility index (Phi) is 10.6. The maximum absolute atomic E-state index is 9.55. The molecule has 0 aromatic heterocycles. The zero-order chi connectivity index (χ0) is 19.4. The van der Waals surface area contributed by atoms with E-state index in [0.29, 0.717) is 18.2 Å².